The van der Waals surface area contributed by atoms with Gasteiger partial charge in [0, 0.05) is 23.5 Å². The molecule has 1 unspecified atom stereocenters. The number of aromatic nitrogens is 3. The number of fused-ring (bicyclic) bond motifs is 1. The van der Waals surface area contributed by atoms with E-state index in [1.807, 2.05) is 6.92 Å². The molecule has 0 spiro atoms. The van der Waals surface area contributed by atoms with Gasteiger partial charge in [-0.15, -0.1) is 0 Å². The quantitative estimate of drug-likeness (QED) is 0.394. The Hall–Kier alpha value is -3.86. The van der Waals surface area contributed by atoms with Crippen LogP contribution < -0.4 is 16.5 Å². The summed E-state index contributed by atoms with van der Waals surface area (Å²) in [5.41, 5.74) is 4.51. The number of oxazole rings is 1. The predicted octanol–water partition coefficient (Wildman–Crippen LogP) is 5.10. The Labute approximate surface area is 198 Å². The normalized spacial score (nSPS) is 15.1. The van der Waals surface area contributed by atoms with Gasteiger partial charge < -0.3 is 9.73 Å². The SMILES string of the molecule is Cc1cnc(Nc2cc(C(C)N3CCC3)cc(C(F)(F)F)c2)nc1Nn1c(=O)oc2ccccc21. The molecule has 0 amide bonds. The number of benzene rings is 2. The van der Waals surface area contributed by atoms with Crippen molar-refractivity contribution in [2.45, 2.75) is 32.5 Å². The second-order valence-electron chi connectivity index (χ2n) is 8.54. The molecule has 2 aromatic carbocycles. The summed E-state index contributed by atoms with van der Waals surface area (Å²) in [6.07, 6.45) is -1.94. The van der Waals surface area contributed by atoms with Gasteiger partial charge in [-0.2, -0.15) is 22.8 Å². The number of hydrogen-bond donors (Lipinski definition) is 2. The smallest absolute Gasteiger partial charge is 0.406 e. The number of halogens is 3. The lowest BCUT2D eigenvalue weighted by Crippen LogP contribution is -2.39. The van der Waals surface area contributed by atoms with Crippen LogP contribution >= 0.6 is 0 Å². The number of hydrogen-bond acceptors (Lipinski definition) is 7. The molecule has 3 heterocycles. The van der Waals surface area contributed by atoms with Crippen molar-refractivity contribution in [3.63, 3.8) is 0 Å². The lowest BCUT2D eigenvalue weighted by Gasteiger charge is -2.37. The van der Waals surface area contributed by atoms with Gasteiger partial charge in [0.25, 0.3) is 0 Å². The number of likely N-dealkylation sites (tertiary alicyclic amines) is 1. The first-order valence-corrected chi connectivity index (χ1v) is 11.1. The number of alkyl halides is 3. The largest absolute Gasteiger partial charge is 0.439 e. The summed E-state index contributed by atoms with van der Waals surface area (Å²) in [4.78, 5) is 23.0. The Morgan fingerprint density at radius 3 is 2.63 bits per heavy atom. The van der Waals surface area contributed by atoms with Crippen LogP contribution in [0.5, 0.6) is 0 Å². The molecule has 2 N–H and O–H groups in total. The third kappa shape index (κ3) is 4.59. The van der Waals surface area contributed by atoms with Crippen molar-refractivity contribution in [2.24, 2.45) is 0 Å². The number of anilines is 3. The van der Waals surface area contributed by atoms with Crippen LogP contribution in [0.15, 0.2) is 57.9 Å². The highest BCUT2D eigenvalue weighted by Crippen LogP contribution is 2.36. The predicted molar refractivity (Wildman–Crippen MR) is 126 cm³/mol. The van der Waals surface area contributed by atoms with E-state index in [2.05, 4.69) is 25.6 Å². The second kappa shape index (κ2) is 8.73. The average molecular weight is 484 g/mol. The van der Waals surface area contributed by atoms with Gasteiger partial charge in [-0.05, 0) is 69.3 Å². The molecular formula is C24H23F3N6O2. The molecule has 0 aliphatic carbocycles. The number of nitrogens with zero attached hydrogens (tertiary/aromatic N) is 4. The molecule has 35 heavy (non-hydrogen) atoms. The molecule has 1 atom stereocenters. The van der Waals surface area contributed by atoms with Gasteiger partial charge in [-0.3, -0.25) is 10.3 Å². The van der Waals surface area contributed by atoms with Crippen molar-refractivity contribution in [3.8, 4) is 0 Å². The Balaban J connectivity index is 1.47. The van der Waals surface area contributed by atoms with E-state index in [0.717, 1.165) is 25.6 Å². The highest BCUT2D eigenvalue weighted by Gasteiger charge is 2.32. The first kappa shape index (κ1) is 22.9. The fraction of sp³-hybridized carbons (Fsp3) is 0.292. The van der Waals surface area contributed by atoms with Gasteiger partial charge in [-0.1, -0.05) is 12.1 Å². The van der Waals surface area contributed by atoms with Crippen LogP contribution in [0, 0.1) is 6.92 Å². The van der Waals surface area contributed by atoms with Gasteiger partial charge in [0.1, 0.15) is 5.52 Å². The minimum atomic E-state index is -4.49. The Morgan fingerprint density at radius 1 is 1.14 bits per heavy atom. The third-order valence-corrected chi connectivity index (χ3v) is 6.14. The lowest BCUT2D eigenvalue weighted by atomic mass is 10.00. The van der Waals surface area contributed by atoms with Crippen molar-refractivity contribution in [1.82, 2.24) is 19.5 Å². The van der Waals surface area contributed by atoms with Crippen molar-refractivity contribution in [3.05, 3.63) is 75.9 Å². The molecular weight excluding hydrogens is 461 g/mol. The Kier molecular flexibility index (Phi) is 5.72. The van der Waals surface area contributed by atoms with E-state index in [1.54, 1.807) is 37.3 Å². The van der Waals surface area contributed by atoms with Crippen LogP contribution in [0.4, 0.5) is 30.6 Å². The van der Waals surface area contributed by atoms with Gasteiger partial charge in [0.2, 0.25) is 5.95 Å². The standard InChI is InChI=1S/C24H23F3N6O2/c1-14-13-28-22(30-21(14)31-33-19-6-3-4-7-20(19)35-23(33)34)29-18-11-16(15(2)32-8-5-9-32)10-17(12-18)24(25,26)27/h3-4,6-7,10-13,15H,5,8-9H2,1-2H3,(H2,28,29,30,31). The molecule has 1 aliphatic heterocycles. The summed E-state index contributed by atoms with van der Waals surface area (Å²) >= 11 is 0. The first-order chi connectivity index (χ1) is 16.7. The maximum atomic E-state index is 13.6. The first-order valence-electron chi connectivity index (χ1n) is 11.1. The summed E-state index contributed by atoms with van der Waals surface area (Å²) < 4.78 is 47.3. The van der Waals surface area contributed by atoms with Crippen LogP contribution in [0.25, 0.3) is 11.1 Å². The van der Waals surface area contributed by atoms with E-state index in [-0.39, 0.29) is 17.7 Å². The van der Waals surface area contributed by atoms with Crippen LogP contribution in [0.2, 0.25) is 0 Å². The summed E-state index contributed by atoms with van der Waals surface area (Å²) in [6, 6.07) is 10.7. The fourth-order valence-corrected chi connectivity index (χ4v) is 3.99. The monoisotopic (exact) mass is 484 g/mol. The molecule has 1 fully saturated rings. The third-order valence-electron chi connectivity index (χ3n) is 6.14. The van der Waals surface area contributed by atoms with E-state index in [9.17, 15) is 18.0 Å². The number of rotatable bonds is 6. The maximum Gasteiger partial charge on any atom is 0.439 e. The number of aryl methyl sites for hydroxylation is 1. The van der Waals surface area contributed by atoms with Crippen molar-refractivity contribution in [1.29, 1.82) is 0 Å². The van der Waals surface area contributed by atoms with Crippen molar-refractivity contribution < 1.29 is 17.6 Å². The van der Waals surface area contributed by atoms with Gasteiger partial charge in [-0.25, -0.2) is 9.78 Å². The fourth-order valence-electron chi connectivity index (χ4n) is 3.99. The van der Waals surface area contributed by atoms with Crippen LogP contribution in [0.1, 0.15) is 36.1 Å². The molecule has 8 nitrogen and oxygen atoms in total. The Bertz CT molecular complexity index is 1440. The molecule has 11 heteroatoms. The number of para-hydroxylation sites is 2. The zero-order chi connectivity index (χ0) is 24.7. The molecule has 0 bridgehead atoms. The zero-order valence-corrected chi connectivity index (χ0v) is 19.1. The van der Waals surface area contributed by atoms with Gasteiger partial charge >= 0.3 is 11.9 Å². The van der Waals surface area contributed by atoms with Crippen molar-refractivity contribution in [2.75, 3.05) is 23.8 Å². The molecule has 0 radical (unpaired) electrons. The highest BCUT2D eigenvalue weighted by atomic mass is 19.4. The van der Waals surface area contributed by atoms with Crippen LogP contribution in [-0.4, -0.2) is 32.6 Å². The van der Waals surface area contributed by atoms with E-state index in [1.165, 1.54) is 16.9 Å². The maximum absolute atomic E-state index is 13.6. The topological polar surface area (TPSA) is 88.2 Å². The Morgan fingerprint density at radius 2 is 1.91 bits per heavy atom. The molecule has 182 valence electrons. The molecule has 1 saturated heterocycles. The summed E-state index contributed by atoms with van der Waals surface area (Å²) in [7, 11) is 0. The molecule has 5 rings (SSSR count). The van der Waals surface area contributed by atoms with Gasteiger partial charge in [0.05, 0.1) is 5.56 Å². The van der Waals surface area contributed by atoms with Crippen LogP contribution in [0.3, 0.4) is 0 Å². The summed E-state index contributed by atoms with van der Waals surface area (Å²) in [5, 5.41) is 2.89. The summed E-state index contributed by atoms with van der Waals surface area (Å²) in [5.74, 6) is -0.237. The van der Waals surface area contributed by atoms with Gasteiger partial charge in [0.15, 0.2) is 11.4 Å². The molecule has 1 aliphatic rings. The van der Waals surface area contributed by atoms with E-state index in [0.29, 0.717) is 28.0 Å². The lowest BCUT2D eigenvalue weighted by molar-refractivity contribution is -0.137. The van der Waals surface area contributed by atoms with Crippen molar-refractivity contribution >= 4 is 28.6 Å². The summed E-state index contributed by atoms with van der Waals surface area (Å²) in [6.45, 7) is 5.36. The van der Waals surface area contributed by atoms with E-state index in [4.69, 9.17) is 4.42 Å². The number of nitrogens with one attached hydrogen (secondary N) is 2. The van der Waals surface area contributed by atoms with E-state index >= 15 is 0 Å². The zero-order valence-electron chi connectivity index (χ0n) is 19.1. The minimum Gasteiger partial charge on any atom is -0.406 e. The van der Waals surface area contributed by atoms with E-state index < -0.39 is 17.5 Å². The minimum absolute atomic E-state index is 0.0841. The second-order valence-corrected chi connectivity index (χ2v) is 8.54. The average Bonchev–Trinajstić information content (AvgIpc) is 3.09. The molecule has 4 aromatic rings. The molecule has 0 saturated carbocycles. The van der Waals surface area contributed by atoms with Crippen LogP contribution in [-0.2, 0) is 6.18 Å². The highest BCUT2D eigenvalue weighted by molar-refractivity contribution is 5.73. The molecule has 2 aromatic heterocycles.